The first-order valence-electron chi connectivity index (χ1n) is 7.12. The van der Waals surface area contributed by atoms with E-state index in [0.29, 0.717) is 5.96 Å². The van der Waals surface area contributed by atoms with Gasteiger partial charge in [0.05, 0.1) is 12.0 Å². The highest BCUT2D eigenvalue weighted by molar-refractivity contribution is 6.09. The van der Waals surface area contributed by atoms with Crippen molar-refractivity contribution in [3.8, 4) is 0 Å². The Morgan fingerprint density at radius 1 is 0.870 bits per heavy atom. The Labute approximate surface area is 133 Å². The van der Waals surface area contributed by atoms with Gasteiger partial charge in [-0.2, -0.15) is 0 Å². The molecule has 0 atom stereocenters. The van der Waals surface area contributed by atoms with E-state index in [1.54, 1.807) is 12.1 Å². The summed E-state index contributed by atoms with van der Waals surface area (Å²) in [5.41, 5.74) is 1.55. The number of furan rings is 1. The van der Waals surface area contributed by atoms with Crippen LogP contribution in [0.15, 0.2) is 88.5 Å². The topological polar surface area (TPSA) is 66.6 Å². The lowest BCUT2D eigenvalue weighted by atomic mass is 10.3. The molecule has 0 saturated heterocycles. The van der Waals surface area contributed by atoms with Gasteiger partial charge in [-0.3, -0.25) is 10.1 Å². The van der Waals surface area contributed by atoms with E-state index in [4.69, 9.17) is 4.42 Å². The van der Waals surface area contributed by atoms with Gasteiger partial charge in [0.25, 0.3) is 5.91 Å². The molecule has 3 aromatic rings. The molecule has 0 aliphatic carbocycles. The first-order valence-corrected chi connectivity index (χ1v) is 7.12. The third-order valence-corrected chi connectivity index (χ3v) is 3.01. The van der Waals surface area contributed by atoms with E-state index in [-0.39, 0.29) is 11.7 Å². The number of nitrogens with one attached hydrogen (secondary N) is 2. The van der Waals surface area contributed by atoms with Gasteiger partial charge in [-0.15, -0.1) is 0 Å². The summed E-state index contributed by atoms with van der Waals surface area (Å²) in [6.45, 7) is 0. The van der Waals surface area contributed by atoms with Gasteiger partial charge in [0.1, 0.15) is 0 Å². The van der Waals surface area contributed by atoms with E-state index >= 15 is 0 Å². The molecule has 0 spiro atoms. The summed E-state index contributed by atoms with van der Waals surface area (Å²) in [5, 5.41) is 5.82. The summed E-state index contributed by atoms with van der Waals surface area (Å²) in [7, 11) is 0. The first-order chi connectivity index (χ1) is 11.3. The number of rotatable bonds is 3. The molecule has 2 N–H and O–H groups in total. The van der Waals surface area contributed by atoms with Crippen LogP contribution in [-0.2, 0) is 0 Å². The summed E-state index contributed by atoms with van der Waals surface area (Å²) in [6.07, 6.45) is 1.45. The van der Waals surface area contributed by atoms with E-state index < -0.39 is 0 Å². The van der Waals surface area contributed by atoms with Crippen LogP contribution in [0.25, 0.3) is 0 Å². The summed E-state index contributed by atoms with van der Waals surface area (Å²) < 4.78 is 5.10. The summed E-state index contributed by atoms with van der Waals surface area (Å²) in [5.74, 6) is 0.178. The average Bonchev–Trinajstić information content (AvgIpc) is 3.11. The van der Waals surface area contributed by atoms with Crippen molar-refractivity contribution in [3.05, 3.63) is 84.8 Å². The van der Waals surface area contributed by atoms with Gasteiger partial charge in [-0.05, 0) is 36.4 Å². The number of amides is 1. The molecule has 3 rings (SSSR count). The average molecular weight is 305 g/mol. The minimum Gasteiger partial charge on any atom is -0.459 e. The minimum absolute atomic E-state index is 0.223. The zero-order valence-electron chi connectivity index (χ0n) is 12.3. The third-order valence-electron chi connectivity index (χ3n) is 3.01. The van der Waals surface area contributed by atoms with Crippen molar-refractivity contribution < 1.29 is 9.21 Å². The van der Waals surface area contributed by atoms with E-state index in [1.165, 1.54) is 6.26 Å². The minimum atomic E-state index is -0.367. The van der Waals surface area contributed by atoms with Gasteiger partial charge in [-0.1, -0.05) is 36.4 Å². The number of carbonyl (C=O) groups excluding carboxylic acids is 1. The summed E-state index contributed by atoms with van der Waals surface area (Å²) in [6, 6.07) is 22.1. The number of hydrogen-bond donors (Lipinski definition) is 2. The van der Waals surface area contributed by atoms with Gasteiger partial charge >= 0.3 is 0 Å². The molecule has 0 radical (unpaired) electrons. The number of guanidine groups is 1. The Hall–Kier alpha value is -3.34. The molecule has 0 bridgehead atoms. The SMILES string of the molecule is O=C(NC(=Nc1ccccc1)Nc1ccccc1)c1ccco1. The first kappa shape index (κ1) is 14.6. The fraction of sp³-hybridized carbons (Fsp3) is 0. The molecule has 0 aliphatic heterocycles. The maximum absolute atomic E-state index is 12.2. The highest BCUT2D eigenvalue weighted by Crippen LogP contribution is 2.12. The number of benzene rings is 2. The zero-order chi connectivity index (χ0) is 15.9. The van der Waals surface area contributed by atoms with Crippen LogP contribution in [0.4, 0.5) is 11.4 Å². The van der Waals surface area contributed by atoms with Crippen molar-refractivity contribution >= 4 is 23.2 Å². The molecule has 0 unspecified atom stereocenters. The number of hydrogen-bond acceptors (Lipinski definition) is 3. The van der Waals surface area contributed by atoms with Crippen LogP contribution < -0.4 is 10.6 Å². The predicted molar refractivity (Wildman–Crippen MR) is 89.8 cm³/mol. The van der Waals surface area contributed by atoms with Crippen LogP contribution in [0.3, 0.4) is 0 Å². The Kier molecular flexibility index (Phi) is 4.49. The standard InChI is InChI=1S/C18H15N3O2/c22-17(16-12-7-13-23-16)21-18(19-14-8-3-1-4-9-14)20-15-10-5-2-6-11-15/h1-13H,(H2,19,20,21,22). The highest BCUT2D eigenvalue weighted by atomic mass is 16.3. The number of aliphatic imine (C=N–C) groups is 1. The van der Waals surface area contributed by atoms with Gasteiger partial charge in [-0.25, -0.2) is 4.99 Å². The maximum Gasteiger partial charge on any atom is 0.293 e. The quantitative estimate of drug-likeness (QED) is 0.571. The van der Waals surface area contributed by atoms with E-state index in [9.17, 15) is 4.79 Å². The number of para-hydroxylation sites is 2. The molecule has 1 aromatic heterocycles. The molecular formula is C18H15N3O2. The van der Waals surface area contributed by atoms with Crippen molar-refractivity contribution in [1.82, 2.24) is 5.32 Å². The Bertz CT molecular complexity index is 782. The fourth-order valence-electron chi connectivity index (χ4n) is 1.95. The van der Waals surface area contributed by atoms with Crippen molar-refractivity contribution in [2.45, 2.75) is 0 Å². The van der Waals surface area contributed by atoms with Gasteiger partial charge < -0.3 is 9.73 Å². The second-order valence-electron chi connectivity index (χ2n) is 4.72. The Morgan fingerprint density at radius 2 is 1.57 bits per heavy atom. The van der Waals surface area contributed by atoms with Crippen LogP contribution in [0.2, 0.25) is 0 Å². The van der Waals surface area contributed by atoms with Gasteiger partial charge in [0.2, 0.25) is 5.96 Å². The van der Waals surface area contributed by atoms with Gasteiger partial charge in [0, 0.05) is 5.69 Å². The smallest absolute Gasteiger partial charge is 0.293 e. The molecule has 0 aliphatic rings. The molecule has 23 heavy (non-hydrogen) atoms. The highest BCUT2D eigenvalue weighted by Gasteiger charge is 2.11. The molecule has 5 nitrogen and oxygen atoms in total. The molecule has 2 aromatic carbocycles. The number of anilines is 1. The van der Waals surface area contributed by atoms with E-state index in [1.807, 2.05) is 60.7 Å². The maximum atomic E-state index is 12.2. The summed E-state index contributed by atoms with van der Waals surface area (Å²) in [4.78, 5) is 16.6. The van der Waals surface area contributed by atoms with Crippen LogP contribution in [0, 0.1) is 0 Å². The number of carbonyl (C=O) groups is 1. The van der Waals surface area contributed by atoms with Crippen molar-refractivity contribution in [2.75, 3.05) is 5.32 Å². The lowest BCUT2D eigenvalue weighted by Gasteiger charge is -2.10. The molecule has 5 heteroatoms. The molecule has 114 valence electrons. The second kappa shape index (κ2) is 7.09. The Morgan fingerprint density at radius 3 is 2.22 bits per heavy atom. The van der Waals surface area contributed by atoms with Crippen LogP contribution in [0.5, 0.6) is 0 Å². The second-order valence-corrected chi connectivity index (χ2v) is 4.72. The third kappa shape index (κ3) is 4.07. The summed E-state index contributed by atoms with van der Waals surface area (Å²) >= 11 is 0. The van der Waals surface area contributed by atoms with Crippen LogP contribution in [-0.4, -0.2) is 11.9 Å². The van der Waals surface area contributed by atoms with E-state index in [2.05, 4.69) is 15.6 Å². The molecular weight excluding hydrogens is 290 g/mol. The van der Waals surface area contributed by atoms with Crippen molar-refractivity contribution in [2.24, 2.45) is 4.99 Å². The normalized spacial score (nSPS) is 11.0. The molecule has 1 amide bonds. The molecule has 0 saturated carbocycles. The van der Waals surface area contributed by atoms with Gasteiger partial charge in [0.15, 0.2) is 5.76 Å². The van der Waals surface area contributed by atoms with Crippen LogP contribution in [0.1, 0.15) is 10.6 Å². The predicted octanol–water partition coefficient (Wildman–Crippen LogP) is 3.81. The number of nitrogens with zero attached hydrogens (tertiary/aromatic N) is 1. The Balaban J connectivity index is 1.84. The largest absolute Gasteiger partial charge is 0.459 e. The monoisotopic (exact) mass is 305 g/mol. The van der Waals surface area contributed by atoms with Crippen LogP contribution >= 0.6 is 0 Å². The van der Waals surface area contributed by atoms with E-state index in [0.717, 1.165) is 11.4 Å². The molecule has 1 heterocycles. The fourth-order valence-corrected chi connectivity index (χ4v) is 1.95. The van der Waals surface area contributed by atoms with Crippen molar-refractivity contribution in [3.63, 3.8) is 0 Å². The lowest BCUT2D eigenvalue weighted by molar-refractivity contribution is 0.0950. The lowest BCUT2D eigenvalue weighted by Crippen LogP contribution is -2.35. The molecule has 0 fully saturated rings. The van der Waals surface area contributed by atoms with Crippen molar-refractivity contribution in [1.29, 1.82) is 0 Å². The zero-order valence-corrected chi connectivity index (χ0v) is 12.3.